The van der Waals surface area contributed by atoms with Crippen LogP contribution in [0, 0.1) is 11.8 Å². The van der Waals surface area contributed by atoms with Crippen molar-refractivity contribution in [2.45, 2.75) is 93.2 Å². The van der Waals surface area contributed by atoms with Gasteiger partial charge in [0.05, 0.1) is 0 Å². The van der Waals surface area contributed by atoms with Crippen molar-refractivity contribution < 1.29 is 36.1 Å². The Balaban J connectivity index is 4.64. The molecule has 0 amide bonds. The van der Waals surface area contributed by atoms with Gasteiger partial charge in [-0.05, 0) is 61.4 Å². The van der Waals surface area contributed by atoms with Crippen LogP contribution < -0.4 is 0 Å². The van der Waals surface area contributed by atoms with Gasteiger partial charge in [-0.2, -0.15) is 0 Å². The molecule has 0 fully saturated rings. The number of hydrogen-bond acceptors (Lipinski definition) is 9. The number of Topliss-reactive ketones (excluding diaryl/α,β-unsaturated/α-hetero) is 2. The highest BCUT2D eigenvalue weighted by molar-refractivity contribution is 6.61. The van der Waals surface area contributed by atoms with Gasteiger partial charge in [-0.15, -0.1) is 0 Å². The molecule has 0 spiro atoms. The lowest BCUT2D eigenvalue weighted by Gasteiger charge is -2.29. The van der Waals surface area contributed by atoms with Crippen molar-refractivity contribution in [2.24, 2.45) is 11.8 Å². The Morgan fingerprint density at radius 1 is 0.579 bits per heavy atom. The van der Waals surface area contributed by atoms with E-state index >= 15 is 0 Å². The zero-order valence-corrected chi connectivity index (χ0v) is 27.8. The smallest absolute Gasteiger partial charge is 0.374 e. The molecule has 0 N–H and O–H groups in total. The second kappa shape index (κ2) is 21.3. The van der Waals surface area contributed by atoms with Crippen molar-refractivity contribution >= 4 is 29.2 Å². The first kappa shape index (κ1) is 37.5. The van der Waals surface area contributed by atoms with Gasteiger partial charge >= 0.3 is 17.6 Å². The molecule has 0 aliphatic carbocycles. The van der Waals surface area contributed by atoms with Gasteiger partial charge in [-0.25, -0.2) is 0 Å². The van der Waals surface area contributed by atoms with E-state index < -0.39 is 17.6 Å². The Hall–Kier alpha value is -0.506. The molecule has 0 aliphatic heterocycles. The fraction of sp³-hybridized carbons (Fsp3) is 0.926. The number of hydrogen-bond donors (Lipinski definition) is 0. The molecule has 0 aromatic rings. The van der Waals surface area contributed by atoms with E-state index in [1.165, 1.54) is 0 Å². The molecular formula is C27H57NO8Si2. The quantitative estimate of drug-likeness (QED) is 0.131. The standard InChI is InChI=1S/C27H57NO8Si2/c1-10-31-37(32-11-2,33-12-3)20-16-18-26(29)24(7)22-28(9)23-25(8)27(30)19-17-21-38(34-13-4,35-14-5)36-15-6/h24-25H,10-23H2,1-9H3. The summed E-state index contributed by atoms with van der Waals surface area (Å²) in [4.78, 5) is 27.7. The topological polar surface area (TPSA) is 92.8 Å². The highest BCUT2D eigenvalue weighted by Crippen LogP contribution is 2.22. The average molecular weight is 580 g/mol. The summed E-state index contributed by atoms with van der Waals surface area (Å²) in [5.41, 5.74) is 0. The lowest BCUT2D eigenvalue weighted by molar-refractivity contribution is -0.123. The highest BCUT2D eigenvalue weighted by atomic mass is 28.4. The maximum absolute atomic E-state index is 12.8. The molecule has 0 aliphatic rings. The van der Waals surface area contributed by atoms with E-state index in [2.05, 4.69) is 4.90 Å². The number of carbonyl (C=O) groups is 2. The molecule has 2 unspecified atom stereocenters. The monoisotopic (exact) mass is 579 g/mol. The predicted molar refractivity (Wildman–Crippen MR) is 155 cm³/mol. The van der Waals surface area contributed by atoms with Crippen molar-refractivity contribution in [3.05, 3.63) is 0 Å². The first-order chi connectivity index (χ1) is 18.1. The van der Waals surface area contributed by atoms with Gasteiger partial charge in [0, 0.05) is 89.5 Å². The molecule has 0 saturated carbocycles. The lowest BCUT2D eigenvalue weighted by Crippen LogP contribution is -2.46. The van der Waals surface area contributed by atoms with Crippen LogP contribution >= 0.6 is 0 Å². The summed E-state index contributed by atoms with van der Waals surface area (Å²) >= 11 is 0. The van der Waals surface area contributed by atoms with E-state index in [0.29, 0.717) is 90.5 Å². The van der Waals surface area contributed by atoms with Gasteiger partial charge in [0.25, 0.3) is 0 Å². The van der Waals surface area contributed by atoms with Crippen LogP contribution in [0.5, 0.6) is 0 Å². The fourth-order valence-corrected chi connectivity index (χ4v) is 9.89. The van der Waals surface area contributed by atoms with Crippen molar-refractivity contribution in [3.63, 3.8) is 0 Å². The maximum Gasteiger partial charge on any atom is 0.500 e. The summed E-state index contributed by atoms with van der Waals surface area (Å²) in [6.07, 6.45) is 2.31. The van der Waals surface area contributed by atoms with Crippen LogP contribution in [-0.4, -0.2) is 93.9 Å². The largest absolute Gasteiger partial charge is 0.500 e. The fourth-order valence-electron chi connectivity index (χ4n) is 4.67. The third kappa shape index (κ3) is 14.8. The SMILES string of the molecule is CCO[Si](CCCC(=O)C(C)CN(C)CC(C)C(=O)CCC[Si](OCC)(OCC)OCC)(OCC)OCC. The molecule has 9 nitrogen and oxygen atoms in total. The van der Waals surface area contributed by atoms with E-state index in [0.717, 1.165) is 0 Å². The van der Waals surface area contributed by atoms with Crippen molar-refractivity contribution in [1.29, 1.82) is 0 Å². The summed E-state index contributed by atoms with van der Waals surface area (Å²) in [7, 11) is -3.47. The van der Waals surface area contributed by atoms with Crippen LogP contribution in [-0.2, 0) is 36.1 Å². The zero-order valence-electron chi connectivity index (χ0n) is 25.8. The number of nitrogens with zero attached hydrogens (tertiary/aromatic N) is 1. The predicted octanol–water partition coefficient (Wildman–Crippen LogP) is 4.99. The average Bonchev–Trinajstić information content (AvgIpc) is 2.84. The van der Waals surface area contributed by atoms with Crippen molar-refractivity contribution in [2.75, 3.05) is 59.8 Å². The molecule has 0 saturated heterocycles. The van der Waals surface area contributed by atoms with Gasteiger partial charge in [-0.3, -0.25) is 9.59 Å². The Kier molecular flexibility index (Phi) is 21.0. The normalized spacial score (nSPS) is 14.2. The van der Waals surface area contributed by atoms with Gasteiger partial charge < -0.3 is 31.5 Å². The molecule has 11 heteroatoms. The number of carbonyl (C=O) groups excluding carboxylic acids is 2. The second-order valence-corrected chi connectivity index (χ2v) is 15.1. The summed E-state index contributed by atoms with van der Waals surface area (Å²) in [6.45, 7) is 20.0. The third-order valence-electron chi connectivity index (χ3n) is 6.27. The van der Waals surface area contributed by atoms with E-state index in [1.807, 2.05) is 62.4 Å². The van der Waals surface area contributed by atoms with Crippen LogP contribution in [0.15, 0.2) is 0 Å². The molecule has 2 atom stereocenters. The van der Waals surface area contributed by atoms with E-state index in [1.54, 1.807) is 0 Å². The van der Waals surface area contributed by atoms with Crippen LogP contribution in [0.1, 0.15) is 81.1 Å². The van der Waals surface area contributed by atoms with Crippen LogP contribution in [0.3, 0.4) is 0 Å². The first-order valence-corrected chi connectivity index (χ1v) is 18.5. The third-order valence-corrected chi connectivity index (χ3v) is 12.6. The second-order valence-electron chi connectivity index (χ2n) is 9.63. The van der Waals surface area contributed by atoms with E-state index in [-0.39, 0.29) is 23.4 Å². The zero-order chi connectivity index (χ0) is 29.0. The van der Waals surface area contributed by atoms with Crippen LogP contribution in [0.25, 0.3) is 0 Å². The number of rotatable bonds is 26. The van der Waals surface area contributed by atoms with Crippen LogP contribution in [0.4, 0.5) is 0 Å². The molecule has 0 aromatic heterocycles. The van der Waals surface area contributed by atoms with Gasteiger partial charge in [0.1, 0.15) is 11.6 Å². The Morgan fingerprint density at radius 3 is 1.08 bits per heavy atom. The van der Waals surface area contributed by atoms with Crippen molar-refractivity contribution in [1.82, 2.24) is 4.90 Å². The minimum absolute atomic E-state index is 0.111. The lowest BCUT2D eigenvalue weighted by atomic mass is 9.99. The summed E-state index contributed by atoms with van der Waals surface area (Å²) in [5.74, 6) is 0.208. The maximum atomic E-state index is 12.8. The Morgan fingerprint density at radius 2 is 0.842 bits per heavy atom. The minimum Gasteiger partial charge on any atom is -0.374 e. The summed E-state index contributed by atoms with van der Waals surface area (Å²) < 4.78 is 35.3. The molecule has 0 heterocycles. The summed E-state index contributed by atoms with van der Waals surface area (Å²) in [6, 6.07) is 1.28. The molecule has 0 bridgehead atoms. The molecule has 0 aromatic carbocycles. The van der Waals surface area contributed by atoms with E-state index in [9.17, 15) is 9.59 Å². The van der Waals surface area contributed by atoms with Gasteiger partial charge in [-0.1, -0.05) is 13.8 Å². The molecular weight excluding hydrogens is 522 g/mol. The molecule has 0 radical (unpaired) electrons. The molecule has 226 valence electrons. The van der Waals surface area contributed by atoms with E-state index in [4.69, 9.17) is 26.6 Å². The summed E-state index contributed by atoms with van der Waals surface area (Å²) in [5, 5.41) is 0. The van der Waals surface area contributed by atoms with Crippen LogP contribution in [0.2, 0.25) is 12.1 Å². The number of ketones is 2. The minimum atomic E-state index is -2.72. The Labute approximate surface area is 234 Å². The van der Waals surface area contributed by atoms with Gasteiger partial charge in [0.15, 0.2) is 0 Å². The Bertz CT molecular complexity index is 554. The van der Waals surface area contributed by atoms with Crippen molar-refractivity contribution in [3.8, 4) is 0 Å². The highest BCUT2D eigenvalue weighted by Gasteiger charge is 2.41. The molecule has 38 heavy (non-hydrogen) atoms. The molecule has 0 rings (SSSR count). The first-order valence-electron chi connectivity index (χ1n) is 14.7. The van der Waals surface area contributed by atoms with Gasteiger partial charge in [0.2, 0.25) is 0 Å².